The number of benzene rings is 2. The van der Waals surface area contributed by atoms with Crippen LogP contribution >= 0.6 is 0 Å². The molecule has 18 heavy (non-hydrogen) atoms. The lowest BCUT2D eigenvalue weighted by atomic mass is 10.0. The van der Waals surface area contributed by atoms with Crippen LogP contribution in [-0.4, -0.2) is 23.2 Å². The second-order valence-electron chi connectivity index (χ2n) is 3.67. The molecule has 0 aliphatic rings. The first-order valence-electron chi connectivity index (χ1n) is 4.98. The first-order valence-corrected chi connectivity index (χ1v) is 6.42. The predicted octanol–water partition coefficient (Wildman–Crippen LogP) is 2.01. The molecular weight excluding hydrogens is 256 g/mol. The van der Waals surface area contributed by atoms with Crippen LogP contribution in [0.25, 0.3) is 11.1 Å². The highest BCUT2D eigenvalue weighted by Gasteiger charge is 2.15. The number of aromatic hydroxyl groups is 2. The van der Waals surface area contributed by atoms with Gasteiger partial charge in [0.25, 0.3) is 10.1 Å². The highest BCUT2D eigenvalue weighted by molar-refractivity contribution is 7.85. The fraction of sp³-hybridized carbons (Fsp3) is 0. The molecule has 2 aromatic rings. The molecule has 0 unspecified atom stereocenters. The van der Waals surface area contributed by atoms with Gasteiger partial charge < -0.3 is 10.2 Å². The lowest BCUT2D eigenvalue weighted by molar-refractivity contribution is 0.467. The summed E-state index contributed by atoms with van der Waals surface area (Å²) in [4.78, 5) is -0.349. The van der Waals surface area contributed by atoms with E-state index in [9.17, 15) is 18.6 Å². The standard InChI is InChI=1S/C12H10O5S/c13-11-4-2-1-3-9(11)10-7-8(18(15,16)17)5-6-12(10)14/h1-7,13-14H,(H,15,16,17). The molecule has 0 bridgehead atoms. The SMILES string of the molecule is O=S(=O)(O)c1ccc(O)c(-c2ccccc2O)c1. The molecule has 0 radical (unpaired) electrons. The molecular formula is C12H10O5S. The number of hydrogen-bond donors (Lipinski definition) is 3. The number of hydrogen-bond acceptors (Lipinski definition) is 4. The number of para-hydroxylation sites is 1. The van der Waals surface area contributed by atoms with Crippen molar-refractivity contribution >= 4 is 10.1 Å². The van der Waals surface area contributed by atoms with Crippen LogP contribution in [0, 0.1) is 0 Å². The van der Waals surface area contributed by atoms with Crippen LogP contribution in [0.3, 0.4) is 0 Å². The number of rotatable bonds is 2. The van der Waals surface area contributed by atoms with Gasteiger partial charge in [-0.1, -0.05) is 18.2 Å². The molecule has 0 aliphatic carbocycles. The van der Waals surface area contributed by atoms with E-state index in [4.69, 9.17) is 4.55 Å². The Morgan fingerprint density at radius 1 is 0.833 bits per heavy atom. The molecule has 6 heteroatoms. The third-order valence-electron chi connectivity index (χ3n) is 2.46. The van der Waals surface area contributed by atoms with Crippen LogP contribution in [0.1, 0.15) is 0 Å². The fourth-order valence-corrected chi connectivity index (χ4v) is 2.10. The number of phenolic OH excluding ortho intramolecular Hbond substituents is 2. The van der Waals surface area contributed by atoms with Crippen LogP contribution in [0.15, 0.2) is 47.4 Å². The maximum atomic E-state index is 11.0. The van der Waals surface area contributed by atoms with E-state index in [0.717, 1.165) is 18.2 Å². The summed E-state index contributed by atoms with van der Waals surface area (Å²) in [6, 6.07) is 9.49. The highest BCUT2D eigenvalue weighted by atomic mass is 32.2. The number of phenols is 2. The summed E-state index contributed by atoms with van der Waals surface area (Å²) in [5.41, 5.74) is 0.406. The molecule has 0 spiro atoms. The molecule has 0 amide bonds. The Balaban J connectivity index is 2.69. The summed E-state index contributed by atoms with van der Waals surface area (Å²) in [6.45, 7) is 0. The Morgan fingerprint density at radius 2 is 1.44 bits per heavy atom. The van der Waals surface area contributed by atoms with Gasteiger partial charge in [-0.15, -0.1) is 0 Å². The van der Waals surface area contributed by atoms with E-state index < -0.39 is 10.1 Å². The molecule has 0 aliphatic heterocycles. The maximum absolute atomic E-state index is 11.0. The Kier molecular flexibility index (Phi) is 2.98. The van der Waals surface area contributed by atoms with Crippen LogP contribution in [-0.2, 0) is 10.1 Å². The molecule has 0 aromatic heterocycles. The quantitative estimate of drug-likeness (QED) is 0.723. The first-order chi connectivity index (χ1) is 8.39. The molecule has 2 rings (SSSR count). The molecule has 2 aromatic carbocycles. The van der Waals surface area contributed by atoms with Gasteiger partial charge in [-0.25, -0.2) is 0 Å². The zero-order valence-corrected chi connectivity index (χ0v) is 9.92. The third-order valence-corrected chi connectivity index (χ3v) is 3.31. The van der Waals surface area contributed by atoms with E-state index in [1.165, 1.54) is 12.1 Å². The minimum atomic E-state index is -4.36. The largest absolute Gasteiger partial charge is 0.507 e. The van der Waals surface area contributed by atoms with Gasteiger partial charge in [0.15, 0.2) is 0 Å². The van der Waals surface area contributed by atoms with Crippen LogP contribution < -0.4 is 0 Å². The minimum absolute atomic E-state index is 0.0970. The molecule has 5 nitrogen and oxygen atoms in total. The van der Waals surface area contributed by atoms with Crippen molar-refractivity contribution in [2.45, 2.75) is 4.90 Å². The Bertz CT molecular complexity index is 691. The first kappa shape index (κ1) is 12.4. The molecule has 94 valence electrons. The van der Waals surface area contributed by atoms with Gasteiger partial charge in [0.05, 0.1) is 4.90 Å². The van der Waals surface area contributed by atoms with Gasteiger partial charge in [0, 0.05) is 11.1 Å². The second kappa shape index (κ2) is 4.32. The zero-order chi connectivity index (χ0) is 13.3. The van der Waals surface area contributed by atoms with Gasteiger partial charge in [-0.05, 0) is 24.3 Å². The van der Waals surface area contributed by atoms with Gasteiger partial charge in [0.2, 0.25) is 0 Å². The van der Waals surface area contributed by atoms with Crippen molar-refractivity contribution in [3.8, 4) is 22.6 Å². The Labute approximate surface area is 104 Å². The van der Waals surface area contributed by atoms with E-state index in [1.54, 1.807) is 12.1 Å². The van der Waals surface area contributed by atoms with Crippen molar-refractivity contribution in [2.24, 2.45) is 0 Å². The second-order valence-corrected chi connectivity index (χ2v) is 5.09. The Hall–Kier alpha value is -2.05. The average Bonchev–Trinajstić information content (AvgIpc) is 2.29. The fourth-order valence-electron chi connectivity index (χ4n) is 1.59. The summed E-state index contributed by atoms with van der Waals surface area (Å²) in [7, 11) is -4.36. The van der Waals surface area contributed by atoms with Crippen molar-refractivity contribution < 1.29 is 23.2 Å². The summed E-state index contributed by atoms with van der Waals surface area (Å²) in [5.74, 6) is -0.288. The average molecular weight is 266 g/mol. The highest BCUT2D eigenvalue weighted by Crippen LogP contribution is 2.36. The van der Waals surface area contributed by atoms with Crippen molar-refractivity contribution in [2.75, 3.05) is 0 Å². The van der Waals surface area contributed by atoms with E-state index in [1.807, 2.05) is 0 Å². The van der Waals surface area contributed by atoms with E-state index in [2.05, 4.69) is 0 Å². The van der Waals surface area contributed by atoms with Gasteiger partial charge in [0.1, 0.15) is 11.5 Å². The van der Waals surface area contributed by atoms with Crippen LogP contribution in [0.2, 0.25) is 0 Å². The van der Waals surface area contributed by atoms with Gasteiger partial charge in [-0.3, -0.25) is 4.55 Å². The van der Waals surface area contributed by atoms with Crippen molar-refractivity contribution in [3.63, 3.8) is 0 Å². The lowest BCUT2D eigenvalue weighted by Crippen LogP contribution is -1.98. The molecule has 0 atom stereocenters. The monoisotopic (exact) mass is 266 g/mol. The topological polar surface area (TPSA) is 94.8 Å². The van der Waals surface area contributed by atoms with Gasteiger partial charge >= 0.3 is 0 Å². The molecule has 0 saturated carbocycles. The minimum Gasteiger partial charge on any atom is -0.507 e. The summed E-state index contributed by atoms with van der Waals surface area (Å²) >= 11 is 0. The smallest absolute Gasteiger partial charge is 0.294 e. The predicted molar refractivity (Wildman–Crippen MR) is 65.0 cm³/mol. The van der Waals surface area contributed by atoms with E-state index in [-0.39, 0.29) is 27.5 Å². The van der Waals surface area contributed by atoms with E-state index >= 15 is 0 Å². The summed E-state index contributed by atoms with van der Waals surface area (Å²) in [6.07, 6.45) is 0. The van der Waals surface area contributed by atoms with E-state index in [0.29, 0.717) is 0 Å². The summed E-state index contributed by atoms with van der Waals surface area (Å²) < 4.78 is 31.0. The molecule has 3 N–H and O–H groups in total. The summed E-state index contributed by atoms with van der Waals surface area (Å²) in [5, 5.41) is 19.4. The molecule has 0 fully saturated rings. The maximum Gasteiger partial charge on any atom is 0.294 e. The van der Waals surface area contributed by atoms with Crippen molar-refractivity contribution in [1.82, 2.24) is 0 Å². The molecule has 0 heterocycles. The lowest BCUT2D eigenvalue weighted by Gasteiger charge is -2.08. The van der Waals surface area contributed by atoms with Crippen LogP contribution in [0.4, 0.5) is 0 Å². The normalized spacial score (nSPS) is 11.4. The zero-order valence-electron chi connectivity index (χ0n) is 9.11. The van der Waals surface area contributed by atoms with Crippen molar-refractivity contribution in [3.05, 3.63) is 42.5 Å². The molecule has 0 saturated heterocycles. The Morgan fingerprint density at radius 3 is 2.06 bits per heavy atom. The third kappa shape index (κ3) is 2.29. The van der Waals surface area contributed by atoms with Crippen LogP contribution in [0.5, 0.6) is 11.5 Å². The van der Waals surface area contributed by atoms with Gasteiger partial charge in [-0.2, -0.15) is 8.42 Å². The van der Waals surface area contributed by atoms with Crippen molar-refractivity contribution in [1.29, 1.82) is 0 Å².